The van der Waals surface area contributed by atoms with E-state index >= 15 is 0 Å². The van der Waals surface area contributed by atoms with E-state index in [2.05, 4.69) is 4.98 Å². The fraction of sp³-hybridized carbons (Fsp3) is 0.400. The Balaban J connectivity index is 2.23. The molecule has 0 N–H and O–H groups in total. The molecule has 2 aromatic heterocycles. The molecular weight excluding hydrogens is 302 g/mol. The van der Waals surface area contributed by atoms with Gasteiger partial charge in [0.1, 0.15) is 4.70 Å². The van der Waals surface area contributed by atoms with Crippen molar-refractivity contribution < 1.29 is 8.78 Å². The Labute approximate surface area is 115 Å². The first-order valence-corrected chi connectivity index (χ1v) is 7.26. The molecule has 0 atom stereocenters. The highest BCUT2D eigenvalue weighted by Crippen LogP contribution is 2.27. The van der Waals surface area contributed by atoms with Gasteiger partial charge in [-0.2, -0.15) is 8.78 Å². The molecule has 0 spiro atoms. The summed E-state index contributed by atoms with van der Waals surface area (Å²) in [6.07, 6.45) is -0.462. The van der Waals surface area contributed by atoms with Crippen molar-refractivity contribution in [3.63, 3.8) is 0 Å². The van der Waals surface area contributed by atoms with E-state index in [4.69, 9.17) is 11.6 Å². The predicted molar refractivity (Wildman–Crippen MR) is 71.0 cm³/mol. The Bertz CT molecular complexity index is 620. The zero-order chi connectivity index (χ0) is 13.3. The molecule has 18 heavy (non-hydrogen) atoms. The minimum atomic E-state index is -3.21. The van der Waals surface area contributed by atoms with Crippen molar-refractivity contribution in [3.8, 4) is 0 Å². The van der Waals surface area contributed by atoms with Crippen molar-refractivity contribution in [1.29, 1.82) is 0 Å². The Kier molecular flexibility index (Phi) is 3.93. The van der Waals surface area contributed by atoms with Crippen LogP contribution in [0.2, 0.25) is 0 Å². The maximum absolute atomic E-state index is 12.5. The van der Waals surface area contributed by atoms with E-state index in [-0.39, 0.29) is 11.3 Å². The van der Waals surface area contributed by atoms with E-state index < -0.39 is 11.8 Å². The lowest BCUT2D eigenvalue weighted by Crippen LogP contribution is -2.19. The molecule has 3 nitrogen and oxygen atoms in total. The van der Waals surface area contributed by atoms with Crippen LogP contribution in [0, 0.1) is 0 Å². The van der Waals surface area contributed by atoms with Crippen LogP contribution in [0.15, 0.2) is 21.4 Å². The van der Waals surface area contributed by atoms with Gasteiger partial charge < -0.3 is 0 Å². The maximum Gasteiger partial charge on any atom is 0.322 e. The Morgan fingerprint density at radius 2 is 2.33 bits per heavy atom. The summed E-state index contributed by atoms with van der Waals surface area (Å²) < 4.78 is 26.9. The monoisotopic (exact) mass is 310 g/mol. The SMILES string of the molecule is Cn1c(SCCC(F)(F)Cl)nc2ccsc2c1=O. The number of fused-ring (bicyclic) bond motifs is 1. The number of rotatable bonds is 4. The Morgan fingerprint density at radius 3 is 3.00 bits per heavy atom. The van der Waals surface area contributed by atoms with Gasteiger partial charge in [0.15, 0.2) is 5.16 Å². The Morgan fingerprint density at radius 1 is 1.61 bits per heavy atom. The molecule has 0 aliphatic heterocycles. The van der Waals surface area contributed by atoms with Crippen molar-refractivity contribution in [3.05, 3.63) is 21.8 Å². The molecule has 8 heteroatoms. The number of aromatic nitrogens is 2. The van der Waals surface area contributed by atoms with E-state index in [1.54, 1.807) is 18.5 Å². The van der Waals surface area contributed by atoms with E-state index in [9.17, 15) is 13.6 Å². The normalized spacial score (nSPS) is 12.2. The second-order valence-electron chi connectivity index (χ2n) is 3.61. The number of thioether (sulfide) groups is 1. The minimum absolute atomic E-state index is 0.104. The second-order valence-corrected chi connectivity index (χ2v) is 6.14. The fourth-order valence-electron chi connectivity index (χ4n) is 1.35. The molecule has 0 fully saturated rings. The van der Waals surface area contributed by atoms with Gasteiger partial charge in [0.25, 0.3) is 5.56 Å². The van der Waals surface area contributed by atoms with Crippen LogP contribution in [0.3, 0.4) is 0 Å². The Hall–Kier alpha value is -0.660. The largest absolute Gasteiger partial charge is 0.322 e. The number of hydrogen-bond donors (Lipinski definition) is 0. The van der Waals surface area contributed by atoms with E-state index in [0.29, 0.717) is 15.4 Å². The van der Waals surface area contributed by atoms with Gasteiger partial charge in [-0.25, -0.2) is 4.98 Å². The minimum Gasteiger partial charge on any atom is -0.290 e. The number of alkyl halides is 3. The first kappa shape index (κ1) is 13.8. The molecule has 0 aliphatic rings. The van der Waals surface area contributed by atoms with Gasteiger partial charge in [-0.1, -0.05) is 11.8 Å². The molecule has 0 saturated carbocycles. The van der Waals surface area contributed by atoms with Gasteiger partial charge in [0.2, 0.25) is 0 Å². The summed E-state index contributed by atoms with van der Waals surface area (Å²) in [4.78, 5) is 16.2. The summed E-state index contributed by atoms with van der Waals surface area (Å²) in [5.41, 5.74) is 0.443. The average molecular weight is 311 g/mol. The van der Waals surface area contributed by atoms with Crippen LogP contribution in [-0.4, -0.2) is 20.7 Å². The topological polar surface area (TPSA) is 34.9 Å². The van der Waals surface area contributed by atoms with Crippen LogP contribution in [0.1, 0.15) is 6.42 Å². The van der Waals surface area contributed by atoms with Gasteiger partial charge in [-0.05, 0) is 23.0 Å². The summed E-state index contributed by atoms with van der Waals surface area (Å²) in [6.45, 7) is 0. The van der Waals surface area contributed by atoms with Gasteiger partial charge in [-0.15, -0.1) is 11.3 Å². The molecule has 0 aliphatic carbocycles. The molecule has 2 heterocycles. The van der Waals surface area contributed by atoms with Crippen LogP contribution in [-0.2, 0) is 7.05 Å². The van der Waals surface area contributed by atoms with Gasteiger partial charge >= 0.3 is 5.38 Å². The molecule has 98 valence electrons. The number of nitrogens with zero attached hydrogens (tertiary/aromatic N) is 2. The predicted octanol–water partition coefficient (Wildman–Crippen LogP) is 3.31. The zero-order valence-corrected chi connectivity index (χ0v) is 11.7. The lowest BCUT2D eigenvalue weighted by Gasteiger charge is -2.09. The van der Waals surface area contributed by atoms with E-state index in [1.807, 2.05) is 0 Å². The van der Waals surface area contributed by atoms with E-state index in [0.717, 1.165) is 11.8 Å². The van der Waals surface area contributed by atoms with Crippen molar-refractivity contribution in [2.75, 3.05) is 5.75 Å². The summed E-state index contributed by atoms with van der Waals surface area (Å²) in [5.74, 6) is 0.104. The highest BCUT2D eigenvalue weighted by molar-refractivity contribution is 7.99. The highest BCUT2D eigenvalue weighted by Gasteiger charge is 2.24. The smallest absolute Gasteiger partial charge is 0.290 e. The third kappa shape index (κ3) is 3.02. The summed E-state index contributed by atoms with van der Waals surface area (Å²) in [6, 6.07) is 1.74. The lowest BCUT2D eigenvalue weighted by atomic mass is 10.5. The van der Waals surface area contributed by atoms with Crippen LogP contribution in [0.5, 0.6) is 0 Å². The number of hydrogen-bond acceptors (Lipinski definition) is 4. The average Bonchev–Trinajstić information content (AvgIpc) is 2.71. The summed E-state index contributed by atoms with van der Waals surface area (Å²) in [5, 5.41) is -1.01. The molecule has 0 radical (unpaired) electrons. The van der Waals surface area contributed by atoms with Crippen LogP contribution < -0.4 is 5.56 Å². The maximum atomic E-state index is 12.5. The van der Waals surface area contributed by atoms with Crippen molar-refractivity contribution in [1.82, 2.24) is 9.55 Å². The zero-order valence-electron chi connectivity index (χ0n) is 9.32. The summed E-state index contributed by atoms with van der Waals surface area (Å²) >= 11 is 7.23. The third-order valence-electron chi connectivity index (χ3n) is 2.26. The molecule has 2 aromatic rings. The number of halogens is 3. The third-order valence-corrected chi connectivity index (χ3v) is 4.38. The molecule has 2 rings (SSSR count). The van der Waals surface area contributed by atoms with E-state index in [1.165, 1.54) is 15.9 Å². The molecule has 0 amide bonds. The summed E-state index contributed by atoms with van der Waals surface area (Å²) in [7, 11) is 1.58. The molecule has 0 saturated heterocycles. The molecule has 0 bridgehead atoms. The number of thiophene rings is 1. The molecule has 0 unspecified atom stereocenters. The quantitative estimate of drug-likeness (QED) is 0.494. The van der Waals surface area contributed by atoms with Gasteiger partial charge in [0.05, 0.1) is 5.52 Å². The standard InChI is InChI=1S/C10H9ClF2N2OS2/c1-15-8(16)7-6(2-4-17-7)14-9(15)18-5-3-10(11,12)13/h2,4H,3,5H2,1H3. The van der Waals surface area contributed by atoms with Crippen molar-refractivity contribution >= 4 is 44.9 Å². The van der Waals surface area contributed by atoms with Gasteiger partial charge in [0, 0.05) is 19.2 Å². The lowest BCUT2D eigenvalue weighted by molar-refractivity contribution is 0.0934. The first-order chi connectivity index (χ1) is 8.38. The van der Waals surface area contributed by atoms with Crippen molar-refractivity contribution in [2.24, 2.45) is 7.05 Å². The fourth-order valence-corrected chi connectivity index (χ4v) is 3.35. The van der Waals surface area contributed by atoms with Crippen LogP contribution in [0.25, 0.3) is 10.2 Å². The van der Waals surface area contributed by atoms with Crippen LogP contribution >= 0.6 is 34.7 Å². The molecule has 0 aromatic carbocycles. The highest BCUT2D eigenvalue weighted by atomic mass is 35.5. The first-order valence-electron chi connectivity index (χ1n) is 5.02. The second kappa shape index (κ2) is 5.14. The molecular formula is C10H9ClF2N2OS2. The van der Waals surface area contributed by atoms with Gasteiger partial charge in [-0.3, -0.25) is 9.36 Å². The van der Waals surface area contributed by atoms with Crippen molar-refractivity contribution in [2.45, 2.75) is 17.0 Å². The van der Waals surface area contributed by atoms with Crippen LogP contribution in [0.4, 0.5) is 8.78 Å².